The van der Waals surface area contributed by atoms with Crippen molar-refractivity contribution >= 4 is 11.8 Å². The second kappa shape index (κ2) is 10.5. The number of hydrogen-bond acceptors (Lipinski definition) is 5. The summed E-state index contributed by atoms with van der Waals surface area (Å²) in [4.78, 5) is 25.1. The Balaban J connectivity index is 1.41. The van der Waals surface area contributed by atoms with Crippen LogP contribution in [-0.2, 0) is 0 Å². The van der Waals surface area contributed by atoms with Crippen molar-refractivity contribution in [1.82, 2.24) is 0 Å². The van der Waals surface area contributed by atoms with Gasteiger partial charge in [-0.2, -0.15) is 0 Å². The lowest BCUT2D eigenvalue weighted by Crippen LogP contribution is -2.08. The molecular formula is C29H24O5. The smallest absolute Gasteiger partial charge is 0.343 e. The molecule has 0 aliphatic heterocycles. The maximum atomic E-state index is 12.7. The molecule has 0 spiro atoms. The molecule has 4 aromatic rings. The molecule has 5 heteroatoms. The zero-order valence-corrected chi connectivity index (χ0v) is 19.0. The number of carbonyl (C=O) groups is 2. The first-order valence-electron chi connectivity index (χ1n) is 10.9. The van der Waals surface area contributed by atoms with E-state index < -0.39 is 5.97 Å². The highest BCUT2D eigenvalue weighted by Crippen LogP contribution is 2.25. The average molecular weight is 453 g/mol. The van der Waals surface area contributed by atoms with Gasteiger partial charge in [-0.3, -0.25) is 4.79 Å². The number of carbonyl (C=O) groups excluding carboxylic acids is 2. The molecule has 4 aromatic carbocycles. The molecule has 34 heavy (non-hydrogen) atoms. The van der Waals surface area contributed by atoms with E-state index in [0.717, 1.165) is 11.1 Å². The van der Waals surface area contributed by atoms with E-state index in [9.17, 15) is 9.59 Å². The Hall–Kier alpha value is -4.38. The Morgan fingerprint density at radius 3 is 1.56 bits per heavy atom. The van der Waals surface area contributed by atoms with Crippen LogP contribution >= 0.6 is 0 Å². The number of benzene rings is 4. The van der Waals surface area contributed by atoms with Crippen molar-refractivity contribution in [3.8, 4) is 28.4 Å². The third-order valence-corrected chi connectivity index (χ3v) is 5.30. The van der Waals surface area contributed by atoms with Crippen LogP contribution in [0, 0.1) is 0 Å². The monoisotopic (exact) mass is 452 g/mol. The highest BCUT2D eigenvalue weighted by Gasteiger charge is 2.11. The molecular weight excluding hydrogens is 428 g/mol. The fraction of sp³-hybridized carbons (Fsp3) is 0.103. The molecule has 0 unspecified atom stereocenters. The van der Waals surface area contributed by atoms with Crippen molar-refractivity contribution in [1.29, 1.82) is 0 Å². The molecule has 0 heterocycles. The SMILES string of the molecule is CCOc1ccc(C(=O)Oc2ccc(-c3ccc(C(=O)c4ccc(OC)cc4)cc3)cc2)cc1. The van der Waals surface area contributed by atoms with E-state index in [1.54, 1.807) is 67.8 Å². The molecule has 0 atom stereocenters. The second-order valence-electron chi connectivity index (χ2n) is 7.51. The number of esters is 1. The summed E-state index contributed by atoms with van der Waals surface area (Å²) in [5.74, 6) is 1.39. The average Bonchev–Trinajstić information content (AvgIpc) is 2.89. The van der Waals surface area contributed by atoms with Gasteiger partial charge in [-0.25, -0.2) is 4.79 Å². The summed E-state index contributed by atoms with van der Waals surface area (Å²) >= 11 is 0. The summed E-state index contributed by atoms with van der Waals surface area (Å²) in [5, 5.41) is 0. The van der Waals surface area contributed by atoms with E-state index in [0.29, 0.717) is 40.5 Å². The third-order valence-electron chi connectivity index (χ3n) is 5.30. The van der Waals surface area contributed by atoms with E-state index in [1.807, 2.05) is 43.3 Å². The van der Waals surface area contributed by atoms with Gasteiger partial charge < -0.3 is 14.2 Å². The molecule has 0 N–H and O–H groups in total. The second-order valence-corrected chi connectivity index (χ2v) is 7.51. The Bertz CT molecular complexity index is 1260. The fourth-order valence-corrected chi connectivity index (χ4v) is 3.46. The van der Waals surface area contributed by atoms with Crippen LogP contribution in [-0.4, -0.2) is 25.5 Å². The summed E-state index contributed by atoms with van der Waals surface area (Å²) in [6.07, 6.45) is 0. The number of methoxy groups -OCH3 is 1. The summed E-state index contributed by atoms with van der Waals surface area (Å²) < 4.78 is 16.0. The lowest BCUT2D eigenvalue weighted by Gasteiger charge is -2.08. The van der Waals surface area contributed by atoms with Crippen LogP contribution in [0.2, 0.25) is 0 Å². The lowest BCUT2D eigenvalue weighted by molar-refractivity contribution is 0.0734. The normalized spacial score (nSPS) is 10.4. The minimum Gasteiger partial charge on any atom is -0.497 e. The van der Waals surface area contributed by atoms with E-state index in [2.05, 4.69) is 0 Å². The van der Waals surface area contributed by atoms with Gasteiger partial charge in [0.05, 0.1) is 19.3 Å². The van der Waals surface area contributed by atoms with Crippen molar-refractivity contribution in [2.24, 2.45) is 0 Å². The van der Waals surface area contributed by atoms with Gasteiger partial charge in [-0.05, 0) is 78.7 Å². The summed E-state index contributed by atoms with van der Waals surface area (Å²) in [7, 11) is 1.59. The van der Waals surface area contributed by atoms with Crippen LogP contribution in [0.5, 0.6) is 17.2 Å². The molecule has 0 aliphatic carbocycles. The molecule has 0 bridgehead atoms. The van der Waals surface area contributed by atoms with Gasteiger partial charge in [0, 0.05) is 11.1 Å². The molecule has 5 nitrogen and oxygen atoms in total. The van der Waals surface area contributed by atoms with Crippen molar-refractivity contribution in [3.05, 3.63) is 114 Å². The minimum absolute atomic E-state index is 0.0502. The van der Waals surface area contributed by atoms with Gasteiger partial charge in [0.1, 0.15) is 17.2 Å². The van der Waals surface area contributed by atoms with Crippen LogP contribution in [0.3, 0.4) is 0 Å². The molecule has 0 aliphatic rings. The Kier molecular flexibility index (Phi) is 7.04. The van der Waals surface area contributed by atoms with E-state index in [1.165, 1.54) is 0 Å². The Morgan fingerprint density at radius 2 is 1.03 bits per heavy atom. The van der Waals surface area contributed by atoms with E-state index >= 15 is 0 Å². The zero-order chi connectivity index (χ0) is 23.9. The van der Waals surface area contributed by atoms with E-state index in [-0.39, 0.29) is 5.78 Å². The van der Waals surface area contributed by atoms with Gasteiger partial charge in [0.2, 0.25) is 0 Å². The standard InChI is InChI=1S/C29H24O5/c1-3-33-26-16-12-24(13-17-26)29(31)34-27-18-8-21(9-19-27)20-4-6-22(7-5-20)28(30)23-10-14-25(32-2)15-11-23/h4-19H,3H2,1-2H3. The molecule has 0 saturated carbocycles. The van der Waals surface area contributed by atoms with Gasteiger partial charge >= 0.3 is 5.97 Å². The maximum absolute atomic E-state index is 12.7. The van der Waals surface area contributed by atoms with Crippen molar-refractivity contribution in [2.75, 3.05) is 13.7 Å². The first kappa shape index (κ1) is 22.8. The quantitative estimate of drug-likeness (QED) is 0.181. The predicted octanol–water partition coefficient (Wildman–Crippen LogP) is 6.21. The molecule has 0 fully saturated rings. The topological polar surface area (TPSA) is 61.8 Å². The van der Waals surface area contributed by atoms with Crippen LogP contribution in [0.4, 0.5) is 0 Å². The van der Waals surface area contributed by atoms with Crippen LogP contribution in [0.15, 0.2) is 97.1 Å². The van der Waals surface area contributed by atoms with Gasteiger partial charge in [0.25, 0.3) is 0 Å². The van der Waals surface area contributed by atoms with Crippen LogP contribution < -0.4 is 14.2 Å². The van der Waals surface area contributed by atoms with Crippen molar-refractivity contribution in [2.45, 2.75) is 6.92 Å². The molecule has 170 valence electrons. The largest absolute Gasteiger partial charge is 0.497 e. The minimum atomic E-state index is -0.433. The summed E-state index contributed by atoms with van der Waals surface area (Å²) in [5.41, 5.74) is 3.56. The fourth-order valence-electron chi connectivity index (χ4n) is 3.46. The van der Waals surface area contributed by atoms with Crippen LogP contribution in [0.1, 0.15) is 33.2 Å². The zero-order valence-electron chi connectivity index (χ0n) is 19.0. The number of rotatable bonds is 8. The Morgan fingerprint density at radius 1 is 0.588 bits per heavy atom. The summed E-state index contributed by atoms with van der Waals surface area (Å²) in [6.45, 7) is 2.47. The number of ether oxygens (including phenoxy) is 3. The first-order valence-corrected chi connectivity index (χ1v) is 10.9. The van der Waals surface area contributed by atoms with Crippen LogP contribution in [0.25, 0.3) is 11.1 Å². The molecule has 0 saturated heterocycles. The molecule has 0 amide bonds. The van der Waals surface area contributed by atoms with Crippen molar-refractivity contribution in [3.63, 3.8) is 0 Å². The van der Waals surface area contributed by atoms with Crippen molar-refractivity contribution < 1.29 is 23.8 Å². The Labute approximate surface area is 198 Å². The molecule has 4 rings (SSSR count). The maximum Gasteiger partial charge on any atom is 0.343 e. The van der Waals surface area contributed by atoms with Gasteiger partial charge in [-0.1, -0.05) is 36.4 Å². The molecule has 0 radical (unpaired) electrons. The number of ketones is 1. The van der Waals surface area contributed by atoms with Gasteiger partial charge in [0.15, 0.2) is 5.78 Å². The summed E-state index contributed by atoms with van der Waals surface area (Å²) in [6, 6.07) is 28.5. The van der Waals surface area contributed by atoms with E-state index in [4.69, 9.17) is 14.2 Å². The molecule has 0 aromatic heterocycles. The third kappa shape index (κ3) is 5.33. The highest BCUT2D eigenvalue weighted by atomic mass is 16.5. The highest BCUT2D eigenvalue weighted by molar-refractivity contribution is 6.09. The first-order chi connectivity index (χ1) is 16.6. The lowest BCUT2D eigenvalue weighted by atomic mass is 9.99. The van der Waals surface area contributed by atoms with Gasteiger partial charge in [-0.15, -0.1) is 0 Å². The number of hydrogen-bond donors (Lipinski definition) is 0. The predicted molar refractivity (Wildman–Crippen MR) is 131 cm³/mol.